The van der Waals surface area contributed by atoms with Gasteiger partial charge in [0.2, 0.25) is 11.3 Å². The van der Waals surface area contributed by atoms with Gasteiger partial charge in [0.15, 0.2) is 6.21 Å². The second-order valence-corrected chi connectivity index (χ2v) is 5.87. The number of ketones is 1. The van der Waals surface area contributed by atoms with Gasteiger partial charge in [0.1, 0.15) is 0 Å². The quantitative estimate of drug-likeness (QED) is 0.360. The van der Waals surface area contributed by atoms with Crippen LogP contribution < -0.4 is 0 Å². The lowest BCUT2D eigenvalue weighted by atomic mass is 9.82. The minimum absolute atomic E-state index is 0.00455. The Morgan fingerprint density at radius 2 is 2.11 bits per heavy atom. The molecule has 2 rings (SSSR count). The van der Waals surface area contributed by atoms with Crippen LogP contribution in [-0.4, -0.2) is 22.3 Å². The summed E-state index contributed by atoms with van der Waals surface area (Å²) in [5.41, 5.74) is -0.401. The van der Waals surface area contributed by atoms with Gasteiger partial charge in [0.25, 0.3) is 0 Å². The molecule has 0 aliphatic heterocycles. The molecule has 0 heterocycles. The topological polar surface area (TPSA) is 43.1 Å². The van der Waals surface area contributed by atoms with Crippen LogP contribution in [0.3, 0.4) is 0 Å². The Balaban J connectivity index is 2.34. The van der Waals surface area contributed by atoms with Crippen molar-refractivity contribution in [1.82, 2.24) is 0 Å². The van der Waals surface area contributed by atoms with Gasteiger partial charge in [0.05, 0.1) is 10.6 Å². The van der Waals surface area contributed by atoms with Crippen molar-refractivity contribution in [2.75, 3.05) is 0 Å². The Morgan fingerprint density at radius 1 is 1.37 bits per heavy atom. The second kappa shape index (κ2) is 5.51. The van der Waals surface area contributed by atoms with Crippen molar-refractivity contribution in [3.05, 3.63) is 39.0 Å². The summed E-state index contributed by atoms with van der Waals surface area (Å²) < 4.78 is 0.740. The fourth-order valence-electron chi connectivity index (χ4n) is 2.27. The van der Waals surface area contributed by atoms with Gasteiger partial charge >= 0.3 is 0 Å². The molecule has 19 heavy (non-hydrogen) atoms. The van der Waals surface area contributed by atoms with Crippen molar-refractivity contribution in [3.8, 4) is 0 Å². The van der Waals surface area contributed by atoms with Crippen molar-refractivity contribution < 1.29 is 9.53 Å². The zero-order chi connectivity index (χ0) is 14.0. The summed E-state index contributed by atoms with van der Waals surface area (Å²) in [4.78, 5) is 12.0. The van der Waals surface area contributed by atoms with Crippen molar-refractivity contribution in [1.29, 1.82) is 0 Å². The number of hydrogen-bond acceptors (Lipinski definition) is 2. The highest BCUT2D eigenvalue weighted by Gasteiger charge is 2.42. The fourth-order valence-corrected chi connectivity index (χ4v) is 2.73. The monoisotopic (exact) mass is 299 g/mol. The molecule has 1 fully saturated rings. The molecule has 3 nitrogen and oxygen atoms in total. The average molecular weight is 300 g/mol. The molecule has 1 atom stereocenters. The predicted molar refractivity (Wildman–Crippen MR) is 77.1 cm³/mol. The van der Waals surface area contributed by atoms with E-state index in [2.05, 4.69) is 0 Å². The molecule has 0 spiro atoms. The van der Waals surface area contributed by atoms with Gasteiger partial charge in [-0.15, -0.1) is 0 Å². The summed E-state index contributed by atoms with van der Waals surface area (Å²) in [5, 5.41) is 13.2. The summed E-state index contributed by atoms with van der Waals surface area (Å²) in [6.45, 7) is 1.70. The van der Waals surface area contributed by atoms with Gasteiger partial charge < -0.3 is 5.21 Å². The van der Waals surface area contributed by atoms with Crippen LogP contribution >= 0.6 is 23.2 Å². The number of carbonyl (C=O) groups excluding carboxylic acids is 1. The Bertz CT molecular complexity index is 542. The predicted octanol–water partition coefficient (Wildman–Crippen LogP) is 3.82. The van der Waals surface area contributed by atoms with Gasteiger partial charge in [-0.25, -0.2) is 0 Å². The highest BCUT2D eigenvalue weighted by atomic mass is 35.5. The summed E-state index contributed by atoms with van der Waals surface area (Å²) in [6.07, 6.45) is 4.18. The van der Waals surface area contributed by atoms with E-state index in [-0.39, 0.29) is 5.78 Å². The largest absolute Gasteiger partial charge is 0.623 e. The third-order valence-corrected chi connectivity index (χ3v) is 4.19. The van der Waals surface area contributed by atoms with Crippen molar-refractivity contribution in [2.45, 2.75) is 38.1 Å². The zero-order valence-electron chi connectivity index (χ0n) is 10.7. The molecule has 0 saturated heterocycles. The Hall–Kier alpha value is -1.06. The van der Waals surface area contributed by atoms with E-state index in [1.807, 2.05) is 0 Å². The van der Waals surface area contributed by atoms with Crippen LogP contribution in [0.1, 0.15) is 38.2 Å². The lowest BCUT2D eigenvalue weighted by molar-refractivity contribution is -0.525. The lowest BCUT2D eigenvalue weighted by Crippen LogP contribution is -2.47. The van der Waals surface area contributed by atoms with Gasteiger partial charge in [-0.3, -0.25) is 4.79 Å². The molecule has 0 N–H and O–H groups in total. The van der Waals surface area contributed by atoms with Crippen LogP contribution in [0.4, 0.5) is 0 Å². The molecule has 1 saturated carbocycles. The van der Waals surface area contributed by atoms with Gasteiger partial charge in [-0.1, -0.05) is 23.2 Å². The smallest absolute Gasteiger partial charge is 0.227 e. The molecule has 102 valence electrons. The number of rotatable bonds is 2. The van der Waals surface area contributed by atoms with Crippen LogP contribution in [0.25, 0.3) is 0 Å². The SMILES string of the molecule is C[C@]1(/[N+]([O-])=C/c2ccc(Cl)cc2Cl)CCCCC1=O. The lowest BCUT2D eigenvalue weighted by Gasteiger charge is -2.30. The third-order valence-electron chi connectivity index (χ3n) is 3.62. The summed E-state index contributed by atoms with van der Waals surface area (Å²) >= 11 is 11.8. The maximum atomic E-state index is 12.3. The van der Waals surface area contributed by atoms with E-state index in [1.165, 1.54) is 6.21 Å². The third kappa shape index (κ3) is 2.93. The van der Waals surface area contributed by atoms with E-state index in [9.17, 15) is 10.0 Å². The van der Waals surface area contributed by atoms with Crippen LogP contribution in [0.5, 0.6) is 0 Å². The normalized spacial score (nSPS) is 24.6. The van der Waals surface area contributed by atoms with E-state index in [4.69, 9.17) is 23.2 Å². The molecular weight excluding hydrogens is 285 g/mol. The summed E-state index contributed by atoms with van der Waals surface area (Å²) in [5.74, 6) is -0.00455. The number of benzene rings is 1. The van der Waals surface area contributed by atoms with Crippen LogP contribution in [0.15, 0.2) is 18.2 Å². The number of Topliss-reactive ketones (excluding diaryl/α,β-unsaturated/α-hetero) is 1. The van der Waals surface area contributed by atoms with E-state index in [1.54, 1.807) is 25.1 Å². The summed E-state index contributed by atoms with van der Waals surface area (Å²) in [7, 11) is 0. The van der Waals surface area contributed by atoms with Gasteiger partial charge in [-0.2, -0.15) is 4.74 Å². The number of nitrogens with zero attached hydrogens (tertiary/aromatic N) is 1. The molecule has 0 amide bonds. The van der Waals surface area contributed by atoms with Crippen molar-refractivity contribution in [2.24, 2.45) is 0 Å². The Morgan fingerprint density at radius 3 is 2.74 bits per heavy atom. The molecular formula is C14H15Cl2NO2. The molecule has 5 heteroatoms. The van der Waals surface area contributed by atoms with Gasteiger partial charge in [0, 0.05) is 24.8 Å². The molecule has 0 radical (unpaired) electrons. The molecule has 0 bridgehead atoms. The summed E-state index contributed by atoms with van der Waals surface area (Å²) in [6, 6.07) is 4.91. The maximum Gasteiger partial charge on any atom is 0.227 e. The van der Waals surface area contributed by atoms with Crippen molar-refractivity contribution in [3.63, 3.8) is 0 Å². The van der Waals surface area contributed by atoms with Crippen LogP contribution in [0, 0.1) is 5.21 Å². The van der Waals surface area contributed by atoms with E-state index >= 15 is 0 Å². The zero-order valence-corrected chi connectivity index (χ0v) is 12.2. The fraction of sp³-hybridized carbons (Fsp3) is 0.429. The minimum Gasteiger partial charge on any atom is -0.623 e. The van der Waals surface area contributed by atoms with E-state index in [0.29, 0.717) is 28.5 Å². The molecule has 0 aromatic heterocycles. The number of hydroxylamine groups is 1. The minimum atomic E-state index is -0.971. The second-order valence-electron chi connectivity index (χ2n) is 5.02. The van der Waals surface area contributed by atoms with E-state index < -0.39 is 5.54 Å². The number of halogens is 2. The molecule has 1 aromatic carbocycles. The first-order valence-electron chi connectivity index (χ1n) is 6.23. The Kier molecular flexibility index (Phi) is 4.16. The highest BCUT2D eigenvalue weighted by Crippen LogP contribution is 2.28. The number of hydrogen-bond donors (Lipinski definition) is 0. The van der Waals surface area contributed by atoms with E-state index in [0.717, 1.165) is 17.6 Å². The standard InChI is InChI=1S/C14H15Cl2NO2/c1-14(7-3-2-4-13(14)18)17(19)9-10-5-6-11(15)8-12(10)16/h5-6,8-9H,2-4,7H2,1H3/b17-9-/t14-/m0/s1. The molecule has 1 aliphatic carbocycles. The molecule has 0 unspecified atom stereocenters. The Labute approximate surface area is 122 Å². The van der Waals surface area contributed by atoms with Crippen LogP contribution in [-0.2, 0) is 4.79 Å². The molecule has 1 aliphatic rings. The first-order chi connectivity index (χ1) is 8.93. The first-order valence-corrected chi connectivity index (χ1v) is 6.99. The van der Waals surface area contributed by atoms with Gasteiger partial charge in [-0.05, 0) is 31.0 Å². The maximum absolute atomic E-state index is 12.3. The van der Waals surface area contributed by atoms with Crippen LogP contribution in [0.2, 0.25) is 10.0 Å². The van der Waals surface area contributed by atoms with Crippen molar-refractivity contribution >= 4 is 35.2 Å². The highest BCUT2D eigenvalue weighted by molar-refractivity contribution is 6.36. The number of carbonyl (C=O) groups is 1. The average Bonchev–Trinajstić information content (AvgIpc) is 2.36. The first kappa shape index (κ1) is 14.4. The molecule has 1 aromatic rings.